The molecule has 0 spiro atoms. The first-order valence-corrected chi connectivity index (χ1v) is 2.72. The summed E-state index contributed by atoms with van der Waals surface area (Å²) in [5.74, 6) is 0. The standard InChI is InChI=1S/C5H12N2O2/c1-4(2)7(9-3)5(6)8/h4H,1-3H3,(H2,6,8). The van der Waals surface area contributed by atoms with Crippen LogP contribution in [0.2, 0.25) is 0 Å². The van der Waals surface area contributed by atoms with Crippen molar-refractivity contribution in [3.63, 3.8) is 0 Å². The van der Waals surface area contributed by atoms with Gasteiger partial charge in [-0.25, -0.2) is 9.86 Å². The molecule has 0 fully saturated rings. The predicted octanol–water partition coefficient (Wildman–Crippen LogP) is 0.337. The molecule has 4 heteroatoms. The van der Waals surface area contributed by atoms with Gasteiger partial charge in [-0.1, -0.05) is 0 Å². The van der Waals surface area contributed by atoms with Gasteiger partial charge in [-0.3, -0.25) is 4.84 Å². The Morgan fingerprint density at radius 1 is 1.67 bits per heavy atom. The summed E-state index contributed by atoms with van der Waals surface area (Å²) in [5.41, 5.74) is 4.91. The van der Waals surface area contributed by atoms with E-state index in [2.05, 4.69) is 4.84 Å². The minimum absolute atomic E-state index is 0.00694. The third kappa shape index (κ3) is 2.32. The van der Waals surface area contributed by atoms with E-state index in [1.54, 1.807) is 0 Å². The maximum atomic E-state index is 10.4. The van der Waals surface area contributed by atoms with E-state index >= 15 is 0 Å². The molecule has 2 N–H and O–H groups in total. The van der Waals surface area contributed by atoms with Crippen LogP contribution in [0.25, 0.3) is 0 Å². The highest BCUT2D eigenvalue weighted by molar-refractivity contribution is 5.70. The van der Waals surface area contributed by atoms with E-state index in [-0.39, 0.29) is 6.04 Å². The molecule has 0 aliphatic heterocycles. The number of carbonyl (C=O) groups is 1. The molecule has 0 rings (SSSR count). The molecule has 0 heterocycles. The number of carbonyl (C=O) groups excluding carboxylic acids is 1. The fraction of sp³-hybridized carbons (Fsp3) is 0.800. The van der Waals surface area contributed by atoms with E-state index < -0.39 is 6.03 Å². The van der Waals surface area contributed by atoms with E-state index in [0.29, 0.717) is 0 Å². The number of amides is 2. The number of urea groups is 1. The first-order valence-electron chi connectivity index (χ1n) is 2.72. The van der Waals surface area contributed by atoms with Crippen molar-refractivity contribution >= 4 is 6.03 Å². The molecule has 4 nitrogen and oxygen atoms in total. The van der Waals surface area contributed by atoms with Crippen molar-refractivity contribution in [1.82, 2.24) is 5.06 Å². The highest BCUT2D eigenvalue weighted by atomic mass is 16.7. The lowest BCUT2D eigenvalue weighted by molar-refractivity contribution is -0.105. The van der Waals surface area contributed by atoms with Crippen molar-refractivity contribution in [2.45, 2.75) is 19.9 Å². The number of hydrogen-bond acceptors (Lipinski definition) is 2. The van der Waals surface area contributed by atoms with Crippen LogP contribution in [0.15, 0.2) is 0 Å². The van der Waals surface area contributed by atoms with Gasteiger partial charge in [0.15, 0.2) is 0 Å². The van der Waals surface area contributed by atoms with Crippen LogP contribution in [0.4, 0.5) is 4.79 Å². The third-order valence-corrected chi connectivity index (χ3v) is 0.883. The van der Waals surface area contributed by atoms with Gasteiger partial charge in [-0.05, 0) is 13.8 Å². The number of nitrogens with two attached hydrogens (primary N) is 1. The number of nitrogens with zero attached hydrogens (tertiary/aromatic N) is 1. The van der Waals surface area contributed by atoms with E-state index in [1.165, 1.54) is 7.11 Å². The lowest BCUT2D eigenvalue weighted by atomic mass is 10.4. The molecule has 2 amide bonds. The molecule has 0 bridgehead atoms. The van der Waals surface area contributed by atoms with Gasteiger partial charge in [0.05, 0.1) is 13.2 Å². The van der Waals surface area contributed by atoms with Crippen LogP contribution in [0, 0.1) is 0 Å². The Morgan fingerprint density at radius 3 is 2.11 bits per heavy atom. The van der Waals surface area contributed by atoms with Gasteiger partial charge in [-0.15, -0.1) is 0 Å². The Morgan fingerprint density at radius 2 is 2.11 bits per heavy atom. The summed E-state index contributed by atoms with van der Waals surface area (Å²) in [6.45, 7) is 3.63. The topological polar surface area (TPSA) is 55.6 Å². The Balaban J connectivity index is 3.83. The molecule has 9 heavy (non-hydrogen) atoms. The summed E-state index contributed by atoms with van der Waals surface area (Å²) in [6.07, 6.45) is 0. The third-order valence-electron chi connectivity index (χ3n) is 0.883. The Kier molecular flexibility index (Phi) is 3.01. The lowest BCUT2D eigenvalue weighted by Crippen LogP contribution is -2.39. The molecule has 0 aliphatic carbocycles. The smallest absolute Gasteiger partial charge is 0.338 e. The second kappa shape index (κ2) is 3.29. The molecule has 0 aromatic carbocycles. The van der Waals surface area contributed by atoms with Crippen molar-refractivity contribution in [2.24, 2.45) is 5.73 Å². The fourth-order valence-corrected chi connectivity index (χ4v) is 0.555. The summed E-state index contributed by atoms with van der Waals surface area (Å²) in [7, 11) is 1.41. The lowest BCUT2D eigenvalue weighted by Gasteiger charge is -2.20. The quantitative estimate of drug-likeness (QED) is 0.551. The molecular formula is C5H12N2O2. The van der Waals surface area contributed by atoms with E-state index in [0.717, 1.165) is 5.06 Å². The van der Waals surface area contributed by atoms with Crippen LogP contribution in [-0.2, 0) is 4.84 Å². The molecule has 0 radical (unpaired) electrons. The van der Waals surface area contributed by atoms with Crippen molar-refractivity contribution in [1.29, 1.82) is 0 Å². The Hall–Kier alpha value is -0.770. The maximum absolute atomic E-state index is 10.4. The second-order valence-electron chi connectivity index (χ2n) is 1.94. The van der Waals surface area contributed by atoms with Gasteiger partial charge in [0.25, 0.3) is 0 Å². The van der Waals surface area contributed by atoms with Gasteiger partial charge in [0.1, 0.15) is 0 Å². The first-order chi connectivity index (χ1) is 4.09. The van der Waals surface area contributed by atoms with Gasteiger partial charge < -0.3 is 5.73 Å². The molecule has 0 unspecified atom stereocenters. The van der Waals surface area contributed by atoms with Gasteiger partial charge in [0, 0.05) is 0 Å². The van der Waals surface area contributed by atoms with Crippen LogP contribution < -0.4 is 5.73 Å². The Bertz CT molecular complexity index is 103. The van der Waals surface area contributed by atoms with Crippen molar-refractivity contribution < 1.29 is 9.63 Å². The maximum Gasteiger partial charge on any atom is 0.338 e. The van der Waals surface area contributed by atoms with Gasteiger partial charge in [-0.2, -0.15) is 0 Å². The molecule has 0 atom stereocenters. The molecule has 0 aliphatic rings. The molecule has 54 valence electrons. The van der Waals surface area contributed by atoms with Crippen molar-refractivity contribution in [3.8, 4) is 0 Å². The number of hydrogen-bond donors (Lipinski definition) is 1. The highest BCUT2D eigenvalue weighted by Gasteiger charge is 2.11. The summed E-state index contributed by atoms with van der Waals surface area (Å²) in [6, 6.07) is -0.569. The Labute approximate surface area is 54.5 Å². The van der Waals surface area contributed by atoms with Crippen LogP contribution in [0.1, 0.15) is 13.8 Å². The number of primary amides is 1. The molecule has 0 aromatic rings. The SMILES string of the molecule is CON(C(N)=O)C(C)C. The zero-order chi connectivity index (χ0) is 7.44. The highest BCUT2D eigenvalue weighted by Crippen LogP contribution is 1.95. The second-order valence-corrected chi connectivity index (χ2v) is 1.94. The average Bonchev–Trinajstić information content (AvgIpc) is 1.64. The zero-order valence-corrected chi connectivity index (χ0v) is 5.92. The minimum Gasteiger partial charge on any atom is -0.350 e. The summed E-state index contributed by atoms with van der Waals surface area (Å²) < 4.78 is 0. The monoisotopic (exact) mass is 132 g/mol. The average molecular weight is 132 g/mol. The van der Waals surface area contributed by atoms with Crippen LogP contribution >= 0.6 is 0 Å². The molecule has 0 saturated carbocycles. The van der Waals surface area contributed by atoms with Gasteiger partial charge >= 0.3 is 6.03 Å². The van der Waals surface area contributed by atoms with Crippen molar-refractivity contribution in [3.05, 3.63) is 0 Å². The van der Waals surface area contributed by atoms with Crippen LogP contribution in [-0.4, -0.2) is 24.2 Å². The molecular weight excluding hydrogens is 120 g/mol. The first kappa shape index (κ1) is 8.23. The summed E-state index contributed by atoms with van der Waals surface area (Å²) >= 11 is 0. The largest absolute Gasteiger partial charge is 0.350 e. The predicted molar refractivity (Wildman–Crippen MR) is 33.6 cm³/mol. The number of hydroxylamine groups is 2. The number of rotatable bonds is 2. The minimum atomic E-state index is -0.562. The van der Waals surface area contributed by atoms with Crippen molar-refractivity contribution in [2.75, 3.05) is 7.11 Å². The van der Waals surface area contributed by atoms with E-state index in [4.69, 9.17) is 5.73 Å². The van der Waals surface area contributed by atoms with Gasteiger partial charge in [0.2, 0.25) is 0 Å². The van der Waals surface area contributed by atoms with E-state index in [9.17, 15) is 4.79 Å². The van der Waals surface area contributed by atoms with Crippen LogP contribution in [0.5, 0.6) is 0 Å². The summed E-state index contributed by atoms with van der Waals surface area (Å²) in [5, 5.41) is 1.10. The zero-order valence-electron chi connectivity index (χ0n) is 5.92. The molecule has 0 saturated heterocycles. The summed E-state index contributed by atoms with van der Waals surface area (Å²) in [4.78, 5) is 15.0. The molecule has 0 aromatic heterocycles. The normalized spacial score (nSPS) is 9.78. The van der Waals surface area contributed by atoms with E-state index in [1.807, 2.05) is 13.8 Å². The van der Waals surface area contributed by atoms with Crippen LogP contribution in [0.3, 0.4) is 0 Å². The fourth-order valence-electron chi connectivity index (χ4n) is 0.555.